The summed E-state index contributed by atoms with van der Waals surface area (Å²) < 4.78 is 0. The fourth-order valence-electron chi connectivity index (χ4n) is 0. The summed E-state index contributed by atoms with van der Waals surface area (Å²) in [6.45, 7) is 12.9. The first-order chi connectivity index (χ1) is 8.93. The second-order valence-corrected chi connectivity index (χ2v) is 30.1. The first-order valence-corrected chi connectivity index (χ1v) is 20.8. The molecule has 136 valence electrons. The maximum absolute atomic E-state index is 9.53. The van der Waals surface area contributed by atoms with Crippen LogP contribution in [0.25, 0.3) is 0 Å². The average Bonchev–Trinajstić information content (AvgIpc) is 1.91. The zero-order valence-electron chi connectivity index (χ0n) is 14.5. The van der Waals surface area contributed by atoms with E-state index in [-0.39, 0.29) is 21.7 Å². The van der Waals surface area contributed by atoms with E-state index in [0.717, 1.165) is 0 Å². The first-order valence-electron chi connectivity index (χ1n) is 6.32. The topological polar surface area (TPSA) is 92.2 Å². The fourth-order valence-corrected chi connectivity index (χ4v) is 0. The number of hydrogen-bond acceptors (Lipinski definition) is 4. The van der Waals surface area contributed by atoms with Crippen LogP contribution >= 0.6 is 35.7 Å². The summed E-state index contributed by atoms with van der Waals surface area (Å²) >= 11 is -3.29. The summed E-state index contributed by atoms with van der Waals surface area (Å²) in [5.74, 6) is 0. The standard InChI is InChI=1S/4C3H7O.4ClH.Sn.Ti/c4*1-3(2)4;;;;;;/h4*3H,1-2H3;4*1H;;/q4*-1;;;;;2*+4/p-4. The minimum absolute atomic E-state index is 0. The Hall–Kier alpha value is 2.51. The normalized spacial score (nSPS) is 9.27. The third-order valence-corrected chi connectivity index (χ3v) is 0. The van der Waals surface area contributed by atoms with Crippen LogP contribution in [0.15, 0.2) is 0 Å². The molecule has 22 heavy (non-hydrogen) atoms. The molecule has 0 amide bonds. The van der Waals surface area contributed by atoms with Crippen molar-refractivity contribution in [2.24, 2.45) is 0 Å². The summed E-state index contributed by atoms with van der Waals surface area (Å²) in [5, 5.41) is 38.1. The van der Waals surface area contributed by atoms with Gasteiger partial charge in [-0.25, -0.2) is 0 Å². The molecule has 0 aromatic carbocycles. The zero-order valence-corrected chi connectivity index (χ0v) is 21.9. The smallest absolute Gasteiger partial charge is 4.00 e. The summed E-state index contributed by atoms with van der Waals surface area (Å²) in [6.07, 6.45) is -1.67. The van der Waals surface area contributed by atoms with E-state index in [1.165, 1.54) is 0 Å². The van der Waals surface area contributed by atoms with Gasteiger partial charge in [0.15, 0.2) is 0 Å². The predicted molar refractivity (Wildman–Crippen MR) is 89.7 cm³/mol. The molecule has 0 saturated heterocycles. The van der Waals surface area contributed by atoms with Gasteiger partial charge >= 0.3 is 71.3 Å². The van der Waals surface area contributed by atoms with E-state index in [1.54, 1.807) is 55.4 Å². The minimum Gasteiger partial charge on any atom is 4.00 e. The molecule has 0 N–H and O–H groups in total. The van der Waals surface area contributed by atoms with E-state index >= 15 is 0 Å². The van der Waals surface area contributed by atoms with Crippen molar-refractivity contribution in [3.8, 4) is 0 Å². The van der Waals surface area contributed by atoms with Crippen molar-refractivity contribution in [1.82, 2.24) is 0 Å². The van der Waals surface area contributed by atoms with Gasteiger partial charge in [-0.2, -0.15) is 0 Å². The van der Waals surface area contributed by atoms with Gasteiger partial charge in [0.25, 0.3) is 0 Å². The van der Waals surface area contributed by atoms with Gasteiger partial charge in [0.05, 0.1) is 0 Å². The summed E-state index contributed by atoms with van der Waals surface area (Å²) in [5.41, 5.74) is 0. The zero-order chi connectivity index (χ0) is 18.8. The van der Waals surface area contributed by atoms with Gasteiger partial charge in [-0.1, -0.05) is 55.4 Å². The van der Waals surface area contributed by atoms with Gasteiger partial charge in [-0.15, -0.1) is 24.4 Å². The summed E-state index contributed by atoms with van der Waals surface area (Å²) in [4.78, 5) is 0. The third kappa shape index (κ3) is 1650. The summed E-state index contributed by atoms with van der Waals surface area (Å²) in [6, 6.07) is 0. The van der Waals surface area contributed by atoms with Crippen LogP contribution in [0.4, 0.5) is 0 Å². The van der Waals surface area contributed by atoms with Crippen LogP contribution in [0.1, 0.15) is 55.4 Å². The van der Waals surface area contributed by atoms with Crippen molar-refractivity contribution in [2.45, 2.75) is 79.8 Å². The van der Waals surface area contributed by atoms with Crippen molar-refractivity contribution in [1.29, 1.82) is 0 Å². The molecule has 0 fully saturated rings. The minimum atomic E-state index is -3.29. The molecule has 0 bridgehead atoms. The van der Waals surface area contributed by atoms with Gasteiger partial charge in [-0.3, -0.25) is 0 Å². The van der Waals surface area contributed by atoms with Crippen LogP contribution < -0.4 is 20.4 Å². The van der Waals surface area contributed by atoms with E-state index in [2.05, 4.69) is 0 Å². The SMILES string of the molecule is CC(C)[O-].CC(C)[O-].CC(C)[O-].CC(C)[O-].[Cl][Sn]([Cl])([Cl])[Cl].[Ti+4]. The van der Waals surface area contributed by atoms with E-state index in [1.807, 2.05) is 0 Å². The van der Waals surface area contributed by atoms with Gasteiger partial charge in [-0.05, 0) is 0 Å². The van der Waals surface area contributed by atoms with E-state index in [4.69, 9.17) is 35.7 Å². The molecule has 0 aliphatic carbocycles. The van der Waals surface area contributed by atoms with Crippen molar-refractivity contribution < 1.29 is 42.1 Å². The molecule has 0 aromatic rings. The van der Waals surface area contributed by atoms with Gasteiger partial charge in [0, 0.05) is 0 Å². The Morgan fingerprint density at radius 1 is 0.500 bits per heavy atom. The molecule has 0 spiro atoms. The molecular weight excluding hydrogens is 517 g/mol. The second kappa shape index (κ2) is 28.3. The number of rotatable bonds is 0. The monoisotopic (exact) mass is 544 g/mol. The molecule has 0 radical (unpaired) electrons. The van der Waals surface area contributed by atoms with E-state index in [9.17, 15) is 20.4 Å². The molecule has 0 saturated carbocycles. The Morgan fingerprint density at radius 2 is 0.500 bits per heavy atom. The Bertz CT molecular complexity index is 131. The van der Waals surface area contributed by atoms with Gasteiger partial charge < -0.3 is 20.4 Å². The Balaban J connectivity index is -0.0000000361. The average molecular weight is 545 g/mol. The van der Waals surface area contributed by atoms with Crippen LogP contribution in [0.5, 0.6) is 0 Å². The van der Waals surface area contributed by atoms with Crippen molar-refractivity contribution in [3.63, 3.8) is 0 Å². The maximum Gasteiger partial charge on any atom is 4.00 e. The van der Waals surface area contributed by atoms with Gasteiger partial charge in [0.2, 0.25) is 0 Å². The van der Waals surface area contributed by atoms with Crippen LogP contribution in [0.2, 0.25) is 0 Å². The second-order valence-electron chi connectivity index (χ2n) is 4.62. The first kappa shape index (κ1) is 39.5. The molecular formula is C12H28Cl4O4SnTi. The Kier molecular flexibility index (Phi) is 50.9. The van der Waals surface area contributed by atoms with Gasteiger partial charge in [0.1, 0.15) is 0 Å². The quantitative estimate of drug-likeness (QED) is 0.431. The fraction of sp³-hybridized carbons (Fsp3) is 1.00. The molecule has 0 aliphatic heterocycles. The Labute approximate surface area is 170 Å². The van der Waals surface area contributed by atoms with Crippen molar-refractivity contribution >= 4 is 49.6 Å². The van der Waals surface area contributed by atoms with Crippen LogP contribution in [-0.4, -0.2) is 38.3 Å². The molecule has 0 rings (SSSR count). The molecule has 0 heterocycles. The predicted octanol–water partition coefficient (Wildman–Crippen LogP) is 1.40. The Morgan fingerprint density at radius 3 is 0.500 bits per heavy atom. The van der Waals surface area contributed by atoms with Crippen molar-refractivity contribution in [3.05, 3.63) is 0 Å². The van der Waals surface area contributed by atoms with Crippen LogP contribution in [0.3, 0.4) is 0 Å². The van der Waals surface area contributed by atoms with Crippen LogP contribution in [0, 0.1) is 0 Å². The number of halogens is 4. The molecule has 0 atom stereocenters. The maximum atomic E-state index is 9.53. The van der Waals surface area contributed by atoms with Crippen molar-refractivity contribution in [2.75, 3.05) is 0 Å². The van der Waals surface area contributed by atoms with E-state index in [0.29, 0.717) is 0 Å². The molecule has 4 nitrogen and oxygen atoms in total. The summed E-state index contributed by atoms with van der Waals surface area (Å²) in [7, 11) is 20.1. The van der Waals surface area contributed by atoms with E-state index < -0.39 is 38.3 Å². The third-order valence-electron chi connectivity index (χ3n) is 0. The largest absolute Gasteiger partial charge is 4.00 e. The molecule has 0 unspecified atom stereocenters. The molecule has 10 heteroatoms. The number of hydrogen-bond donors (Lipinski definition) is 0. The van der Waals surface area contributed by atoms with Crippen LogP contribution in [-0.2, 0) is 21.7 Å². The molecule has 0 aliphatic rings. The molecule has 0 aromatic heterocycles.